The normalized spacial score (nSPS) is 28.2. The van der Waals surface area contributed by atoms with Crippen molar-refractivity contribution in [3.63, 3.8) is 0 Å². The predicted molar refractivity (Wildman–Crippen MR) is 82.4 cm³/mol. The molecule has 3 rings (SSSR count). The van der Waals surface area contributed by atoms with Crippen molar-refractivity contribution >= 4 is 27.6 Å². The highest BCUT2D eigenvalue weighted by molar-refractivity contribution is 7.99. The zero-order valence-corrected chi connectivity index (χ0v) is 13.2. The highest BCUT2D eigenvalue weighted by Crippen LogP contribution is 2.44. The Hall–Kier alpha value is -1.01. The van der Waals surface area contributed by atoms with E-state index in [1.54, 1.807) is 11.8 Å². The first kappa shape index (κ1) is 14.9. The maximum absolute atomic E-state index is 11.6. The van der Waals surface area contributed by atoms with E-state index in [0.717, 1.165) is 5.75 Å². The van der Waals surface area contributed by atoms with Crippen molar-refractivity contribution in [2.75, 3.05) is 17.3 Å². The highest BCUT2D eigenvalue weighted by Gasteiger charge is 2.39. The fourth-order valence-electron chi connectivity index (χ4n) is 3.37. The fraction of sp³-hybridized carbons (Fsp3) is 0.533. The molecule has 2 heterocycles. The van der Waals surface area contributed by atoms with Gasteiger partial charge in [0.1, 0.15) is 0 Å². The summed E-state index contributed by atoms with van der Waals surface area (Å²) in [5.74, 6) is -0.364. The van der Waals surface area contributed by atoms with Gasteiger partial charge in [-0.3, -0.25) is 4.79 Å². The lowest BCUT2D eigenvalue weighted by Crippen LogP contribution is -2.26. The van der Waals surface area contributed by atoms with Crippen molar-refractivity contribution in [1.82, 2.24) is 0 Å². The number of fused-ring (bicyclic) bond motifs is 1. The lowest BCUT2D eigenvalue weighted by molar-refractivity contribution is -0.143. The Bertz CT molecular complexity index is 653. The second kappa shape index (κ2) is 5.65. The number of carboxylic acids is 1. The maximum atomic E-state index is 11.6. The zero-order chi connectivity index (χ0) is 15.0. The van der Waals surface area contributed by atoms with E-state index in [0.29, 0.717) is 12.8 Å². The SMILES string of the molecule is O=C(O)C(CC1CSc2ccccc21)C1CCS(=O)(=O)C1. The number of rotatable bonds is 4. The minimum atomic E-state index is -3.04. The summed E-state index contributed by atoms with van der Waals surface area (Å²) in [5, 5.41) is 9.51. The first-order valence-electron chi connectivity index (χ1n) is 7.11. The smallest absolute Gasteiger partial charge is 0.306 e. The van der Waals surface area contributed by atoms with Gasteiger partial charge in [-0.1, -0.05) is 18.2 Å². The lowest BCUT2D eigenvalue weighted by atomic mass is 9.82. The van der Waals surface area contributed by atoms with Crippen LogP contribution in [0.1, 0.15) is 24.3 Å². The van der Waals surface area contributed by atoms with Crippen LogP contribution >= 0.6 is 11.8 Å². The molecule has 0 radical (unpaired) electrons. The average molecular weight is 326 g/mol. The molecule has 1 saturated heterocycles. The van der Waals surface area contributed by atoms with Gasteiger partial charge in [0.25, 0.3) is 0 Å². The number of carboxylic acid groups (broad SMARTS) is 1. The second-order valence-corrected chi connectivity index (χ2v) is 9.18. The van der Waals surface area contributed by atoms with Gasteiger partial charge in [-0.2, -0.15) is 0 Å². The monoisotopic (exact) mass is 326 g/mol. The molecule has 3 atom stereocenters. The summed E-state index contributed by atoms with van der Waals surface area (Å²) >= 11 is 1.76. The van der Waals surface area contributed by atoms with Crippen molar-refractivity contribution in [3.8, 4) is 0 Å². The largest absolute Gasteiger partial charge is 0.481 e. The van der Waals surface area contributed by atoms with Crippen molar-refractivity contribution in [3.05, 3.63) is 29.8 Å². The molecule has 1 aromatic carbocycles. The van der Waals surface area contributed by atoms with E-state index in [2.05, 4.69) is 12.1 Å². The van der Waals surface area contributed by atoms with E-state index in [1.807, 2.05) is 12.1 Å². The molecule has 6 heteroatoms. The van der Waals surface area contributed by atoms with Gasteiger partial charge in [-0.25, -0.2) is 8.42 Å². The van der Waals surface area contributed by atoms with Crippen LogP contribution in [-0.4, -0.2) is 36.8 Å². The molecule has 2 aliphatic heterocycles. The zero-order valence-electron chi connectivity index (χ0n) is 11.6. The second-order valence-electron chi connectivity index (χ2n) is 5.89. The molecule has 3 unspecified atom stereocenters. The van der Waals surface area contributed by atoms with Crippen LogP contribution in [-0.2, 0) is 14.6 Å². The van der Waals surface area contributed by atoms with Gasteiger partial charge in [0.15, 0.2) is 9.84 Å². The number of hydrogen-bond donors (Lipinski definition) is 1. The van der Waals surface area contributed by atoms with E-state index in [-0.39, 0.29) is 23.3 Å². The van der Waals surface area contributed by atoms with Crippen molar-refractivity contribution in [1.29, 1.82) is 0 Å². The topological polar surface area (TPSA) is 71.4 Å². The van der Waals surface area contributed by atoms with Gasteiger partial charge in [-0.05, 0) is 36.3 Å². The number of sulfone groups is 1. The van der Waals surface area contributed by atoms with E-state index in [4.69, 9.17) is 0 Å². The molecule has 1 fully saturated rings. The van der Waals surface area contributed by atoms with Crippen LogP contribution in [0.15, 0.2) is 29.2 Å². The molecule has 1 N–H and O–H groups in total. The van der Waals surface area contributed by atoms with Crippen molar-refractivity contribution in [2.24, 2.45) is 11.8 Å². The average Bonchev–Trinajstić information content (AvgIpc) is 2.99. The number of benzene rings is 1. The Balaban J connectivity index is 1.77. The van der Waals surface area contributed by atoms with Crippen LogP contribution in [0.5, 0.6) is 0 Å². The third-order valence-corrected chi connectivity index (χ3v) is 7.54. The first-order valence-corrected chi connectivity index (χ1v) is 9.92. The molecular weight excluding hydrogens is 308 g/mol. The number of thioether (sulfide) groups is 1. The highest BCUT2D eigenvalue weighted by atomic mass is 32.2. The fourth-order valence-corrected chi connectivity index (χ4v) is 6.52. The standard InChI is InChI=1S/C15H18O4S2/c16-15(17)13(10-5-6-21(18,19)9-10)7-11-8-20-14-4-2-1-3-12(11)14/h1-4,10-11,13H,5-9H2,(H,16,17). The predicted octanol–water partition coefficient (Wildman–Crippen LogP) is 2.40. The molecule has 2 aliphatic rings. The van der Waals surface area contributed by atoms with E-state index in [9.17, 15) is 18.3 Å². The minimum Gasteiger partial charge on any atom is -0.481 e. The summed E-state index contributed by atoms with van der Waals surface area (Å²) < 4.78 is 23.2. The van der Waals surface area contributed by atoms with E-state index < -0.39 is 21.7 Å². The molecule has 1 aromatic rings. The third-order valence-electron chi connectivity index (χ3n) is 4.49. The lowest BCUT2D eigenvalue weighted by Gasteiger charge is -2.22. The third kappa shape index (κ3) is 3.11. The number of aliphatic carboxylic acids is 1. The van der Waals surface area contributed by atoms with Crippen molar-refractivity contribution < 1.29 is 18.3 Å². The summed E-state index contributed by atoms with van der Waals surface area (Å²) in [4.78, 5) is 12.8. The summed E-state index contributed by atoms with van der Waals surface area (Å²) in [6, 6.07) is 8.10. The molecule has 4 nitrogen and oxygen atoms in total. The van der Waals surface area contributed by atoms with Crippen LogP contribution < -0.4 is 0 Å². The van der Waals surface area contributed by atoms with Gasteiger partial charge in [0, 0.05) is 10.6 Å². The maximum Gasteiger partial charge on any atom is 0.306 e. The molecule has 21 heavy (non-hydrogen) atoms. The quantitative estimate of drug-likeness (QED) is 0.920. The molecule has 0 saturated carbocycles. The Morgan fingerprint density at radius 3 is 2.81 bits per heavy atom. The number of carbonyl (C=O) groups is 1. The molecule has 0 aliphatic carbocycles. The van der Waals surface area contributed by atoms with Gasteiger partial charge in [0.2, 0.25) is 0 Å². The molecule has 0 aromatic heterocycles. The van der Waals surface area contributed by atoms with Crippen LogP contribution in [0.3, 0.4) is 0 Å². The Kier molecular flexibility index (Phi) is 4.01. The van der Waals surface area contributed by atoms with Crippen molar-refractivity contribution in [2.45, 2.75) is 23.7 Å². The first-order chi connectivity index (χ1) is 9.96. The summed E-state index contributed by atoms with van der Waals surface area (Å²) in [6.45, 7) is 0. The summed E-state index contributed by atoms with van der Waals surface area (Å²) in [6.07, 6.45) is 1.03. The van der Waals surface area contributed by atoms with Gasteiger partial charge in [0.05, 0.1) is 17.4 Å². The van der Waals surface area contributed by atoms with Crippen LogP contribution in [0, 0.1) is 11.8 Å². The van der Waals surface area contributed by atoms with Gasteiger partial charge < -0.3 is 5.11 Å². The van der Waals surface area contributed by atoms with Crippen LogP contribution in [0.2, 0.25) is 0 Å². The molecule has 0 amide bonds. The summed E-state index contributed by atoms with van der Waals surface area (Å²) in [5.41, 5.74) is 1.22. The van der Waals surface area contributed by atoms with Gasteiger partial charge in [-0.15, -0.1) is 11.8 Å². The number of hydrogen-bond acceptors (Lipinski definition) is 4. The van der Waals surface area contributed by atoms with Crippen LogP contribution in [0.25, 0.3) is 0 Å². The Morgan fingerprint density at radius 1 is 1.38 bits per heavy atom. The van der Waals surface area contributed by atoms with E-state index >= 15 is 0 Å². The van der Waals surface area contributed by atoms with E-state index in [1.165, 1.54) is 10.5 Å². The molecule has 114 valence electrons. The minimum absolute atomic E-state index is 0.0332. The molecule has 0 spiro atoms. The van der Waals surface area contributed by atoms with Gasteiger partial charge >= 0.3 is 5.97 Å². The van der Waals surface area contributed by atoms with Crippen LogP contribution in [0.4, 0.5) is 0 Å². The molecular formula is C15H18O4S2. The summed E-state index contributed by atoms with van der Waals surface area (Å²) in [7, 11) is -3.04. The molecule has 0 bridgehead atoms. The Morgan fingerprint density at radius 2 is 2.14 bits per heavy atom. The Labute approximate surface area is 128 Å².